The van der Waals surface area contributed by atoms with Crippen LogP contribution in [-0.4, -0.2) is 45.8 Å². The predicted molar refractivity (Wildman–Crippen MR) is 119 cm³/mol. The Hall–Kier alpha value is -3.00. The Labute approximate surface area is 181 Å². The van der Waals surface area contributed by atoms with Gasteiger partial charge in [-0.25, -0.2) is 0 Å². The van der Waals surface area contributed by atoms with Crippen molar-refractivity contribution in [2.24, 2.45) is 0 Å². The summed E-state index contributed by atoms with van der Waals surface area (Å²) in [6, 6.07) is 3.76. The smallest absolute Gasteiger partial charge is 0.332 e. The molecule has 1 aromatic heterocycles. The third-order valence-electron chi connectivity index (χ3n) is 6.15. The first-order valence-electron chi connectivity index (χ1n) is 10.8. The number of fused-ring (bicyclic) bond motifs is 1. The van der Waals surface area contributed by atoms with Crippen LogP contribution in [0.1, 0.15) is 62.0 Å². The average molecular weight is 426 g/mol. The zero-order chi connectivity index (χ0) is 22.1. The predicted octanol–water partition coefficient (Wildman–Crippen LogP) is 4.22. The van der Waals surface area contributed by atoms with Gasteiger partial charge in [0.05, 0.1) is 29.1 Å². The van der Waals surface area contributed by atoms with E-state index >= 15 is 0 Å². The Bertz CT molecular complexity index is 1030. The van der Waals surface area contributed by atoms with E-state index in [0.717, 1.165) is 31.6 Å². The zero-order valence-corrected chi connectivity index (χ0v) is 18.1. The molecule has 0 unspecified atom stereocenters. The lowest BCUT2D eigenvalue weighted by atomic mass is 10.0. The molecule has 1 fully saturated rings. The molecule has 2 aliphatic rings. The number of benzene rings is 1. The molecule has 1 aromatic carbocycles. The second-order valence-electron chi connectivity index (χ2n) is 8.39. The summed E-state index contributed by atoms with van der Waals surface area (Å²) in [5.41, 5.74) is 2.97. The van der Waals surface area contributed by atoms with Gasteiger partial charge in [0.2, 0.25) is 0 Å². The van der Waals surface area contributed by atoms with Crippen molar-refractivity contribution in [2.75, 3.05) is 23.7 Å². The highest BCUT2D eigenvalue weighted by Gasteiger charge is 2.28. The van der Waals surface area contributed by atoms with Gasteiger partial charge < -0.3 is 15.5 Å². The molecule has 2 aromatic rings. The van der Waals surface area contributed by atoms with Gasteiger partial charge in [-0.05, 0) is 51.3 Å². The Morgan fingerprint density at radius 1 is 1.32 bits per heavy atom. The van der Waals surface area contributed by atoms with Crippen LogP contribution in [0, 0.1) is 0 Å². The van der Waals surface area contributed by atoms with Crippen molar-refractivity contribution < 1.29 is 14.0 Å². The first-order valence-corrected chi connectivity index (χ1v) is 10.8. The topological polar surface area (TPSA) is 79.3 Å². The van der Waals surface area contributed by atoms with Crippen LogP contribution in [0.5, 0.6) is 0 Å². The fraction of sp³-hybridized carbons (Fsp3) is 0.435. The van der Waals surface area contributed by atoms with Gasteiger partial charge in [0.1, 0.15) is 0 Å². The quantitative estimate of drug-likeness (QED) is 0.535. The molecule has 1 amide bonds. The summed E-state index contributed by atoms with van der Waals surface area (Å²) in [7, 11) is 0. The highest BCUT2D eigenvalue weighted by molar-refractivity contribution is 6.32. The second-order valence-corrected chi connectivity index (χ2v) is 8.39. The number of piperidine rings is 1. The van der Waals surface area contributed by atoms with Gasteiger partial charge in [-0.15, -0.1) is 0 Å². The Morgan fingerprint density at radius 3 is 2.71 bits per heavy atom. The number of anilines is 2. The number of amides is 1. The van der Waals surface area contributed by atoms with E-state index in [1.54, 1.807) is 12.3 Å². The first-order chi connectivity index (χ1) is 14.9. The summed E-state index contributed by atoms with van der Waals surface area (Å²) in [4.78, 5) is 26.3. The van der Waals surface area contributed by atoms with Crippen LogP contribution >= 0.6 is 0 Å². The summed E-state index contributed by atoms with van der Waals surface area (Å²) in [5.74, 6) is -0.267. The molecule has 31 heavy (non-hydrogen) atoms. The molecule has 0 aliphatic carbocycles. The molecule has 164 valence electrons. The van der Waals surface area contributed by atoms with E-state index < -0.39 is 6.04 Å². The summed E-state index contributed by atoms with van der Waals surface area (Å²) in [6.45, 7) is 8.50. The summed E-state index contributed by atoms with van der Waals surface area (Å²) in [5, 5.41) is 10.7. The summed E-state index contributed by atoms with van der Waals surface area (Å²) >= 11 is 0. The van der Waals surface area contributed by atoms with Crippen molar-refractivity contribution in [3.63, 3.8) is 0 Å². The highest BCUT2D eigenvalue weighted by Crippen LogP contribution is 2.36. The van der Waals surface area contributed by atoms with E-state index in [1.165, 1.54) is 12.1 Å². The average Bonchev–Trinajstić information content (AvgIpc) is 3.35. The summed E-state index contributed by atoms with van der Waals surface area (Å²) < 4.78 is 15.2. The van der Waals surface area contributed by atoms with E-state index in [4.69, 9.17) is 0 Å². The minimum absolute atomic E-state index is 0.0660. The minimum Gasteiger partial charge on any atom is -0.356 e. The third-order valence-corrected chi connectivity index (χ3v) is 6.15. The fourth-order valence-corrected chi connectivity index (χ4v) is 4.36. The Morgan fingerprint density at radius 2 is 2.06 bits per heavy atom. The van der Waals surface area contributed by atoms with Crippen LogP contribution in [0.2, 0.25) is 0 Å². The molecule has 0 spiro atoms. The van der Waals surface area contributed by atoms with Gasteiger partial charge in [0.15, 0.2) is 0 Å². The molecular weight excluding hydrogens is 397 g/mol. The fourth-order valence-electron chi connectivity index (χ4n) is 4.36. The van der Waals surface area contributed by atoms with Crippen molar-refractivity contribution in [1.82, 2.24) is 14.7 Å². The van der Waals surface area contributed by atoms with E-state index in [0.29, 0.717) is 41.0 Å². The number of aromatic nitrogens is 2. The molecule has 0 atom stereocenters. The van der Waals surface area contributed by atoms with Gasteiger partial charge in [0, 0.05) is 42.3 Å². The van der Waals surface area contributed by atoms with Crippen LogP contribution in [-0.2, 0) is 4.79 Å². The Balaban J connectivity index is 1.56. The lowest BCUT2D eigenvalue weighted by Gasteiger charge is -2.34. The van der Waals surface area contributed by atoms with Crippen LogP contribution in [0.3, 0.4) is 0 Å². The van der Waals surface area contributed by atoms with Crippen molar-refractivity contribution in [1.29, 1.82) is 0 Å². The number of halogens is 1. The van der Waals surface area contributed by atoms with Crippen LogP contribution in [0.25, 0.3) is 5.57 Å². The van der Waals surface area contributed by atoms with Gasteiger partial charge in [-0.2, -0.15) is 9.49 Å². The molecule has 0 radical (unpaired) electrons. The van der Waals surface area contributed by atoms with Crippen LogP contribution in [0.15, 0.2) is 36.3 Å². The molecule has 8 heteroatoms. The standard InChI is InChI=1S/C23H28FN5O2/c1-4-19(21-18-11-15(22(24)30)5-6-20(18)27-23(21)31)26-16-12-25-29(13-16)17-7-9-28(10-8-17)14(2)3/h5-6,11-14,17,26H,4,7-10H2,1-3H3,(H,27,31)/b21-19-. The van der Waals surface area contributed by atoms with E-state index in [9.17, 15) is 14.0 Å². The van der Waals surface area contributed by atoms with E-state index in [-0.39, 0.29) is 11.5 Å². The monoisotopic (exact) mass is 425 g/mol. The second kappa shape index (κ2) is 8.63. The van der Waals surface area contributed by atoms with Crippen molar-refractivity contribution in [2.45, 2.75) is 52.1 Å². The highest BCUT2D eigenvalue weighted by atomic mass is 19.1. The number of hydrogen-bond donors (Lipinski definition) is 2. The van der Waals surface area contributed by atoms with E-state index in [2.05, 4.69) is 34.5 Å². The van der Waals surface area contributed by atoms with Gasteiger partial charge in [0.25, 0.3) is 5.91 Å². The maximum absolute atomic E-state index is 13.2. The number of nitrogens with zero attached hydrogens (tertiary/aromatic N) is 3. The van der Waals surface area contributed by atoms with E-state index in [1.807, 2.05) is 17.8 Å². The van der Waals surface area contributed by atoms with Crippen molar-refractivity contribution in [3.05, 3.63) is 47.4 Å². The minimum atomic E-state index is -1.52. The van der Waals surface area contributed by atoms with Crippen molar-refractivity contribution >= 4 is 28.9 Å². The number of nitrogens with one attached hydrogen (secondary N) is 2. The molecule has 2 aliphatic heterocycles. The van der Waals surface area contributed by atoms with Gasteiger partial charge in [-0.3, -0.25) is 14.3 Å². The number of likely N-dealkylation sites (tertiary alicyclic amines) is 1. The van der Waals surface area contributed by atoms with Gasteiger partial charge >= 0.3 is 6.04 Å². The molecule has 0 bridgehead atoms. The molecule has 0 saturated carbocycles. The molecular formula is C23H28FN5O2. The molecule has 1 saturated heterocycles. The number of carbonyl (C=O) groups is 2. The maximum atomic E-state index is 13.2. The molecule has 3 heterocycles. The van der Waals surface area contributed by atoms with Crippen LogP contribution < -0.4 is 10.6 Å². The van der Waals surface area contributed by atoms with Crippen LogP contribution in [0.4, 0.5) is 15.8 Å². The van der Waals surface area contributed by atoms with Crippen molar-refractivity contribution in [3.8, 4) is 0 Å². The molecule has 4 rings (SSSR count). The first kappa shape index (κ1) is 21.2. The van der Waals surface area contributed by atoms with Gasteiger partial charge in [-0.1, -0.05) is 6.92 Å². The molecule has 2 N–H and O–H groups in total. The number of rotatable bonds is 6. The zero-order valence-electron chi connectivity index (χ0n) is 18.1. The Kier molecular flexibility index (Phi) is 5.91. The maximum Gasteiger partial charge on any atom is 0.332 e. The number of carbonyl (C=O) groups excluding carboxylic acids is 2. The number of allylic oxidation sites excluding steroid dienone is 1. The third kappa shape index (κ3) is 4.25. The lowest BCUT2D eigenvalue weighted by molar-refractivity contribution is -0.110. The summed E-state index contributed by atoms with van der Waals surface area (Å²) in [6.07, 6.45) is 6.41. The lowest BCUT2D eigenvalue weighted by Crippen LogP contribution is -2.39. The largest absolute Gasteiger partial charge is 0.356 e. The molecule has 7 nitrogen and oxygen atoms in total. The normalized spacial score (nSPS) is 18.8. The number of hydrogen-bond acceptors (Lipinski definition) is 5. The SMILES string of the molecule is CC/C(Nc1cnn(C2CCN(C(C)C)CC2)c1)=C1/C(=O)Nc2ccc(C(=O)F)cc21.